The van der Waals surface area contributed by atoms with Crippen LogP contribution in [0.5, 0.6) is 0 Å². The lowest BCUT2D eigenvalue weighted by molar-refractivity contribution is 0.813. The minimum Gasteiger partial charge on any atom is -0.381 e. The topological polar surface area (TPSA) is 29.9 Å². The largest absolute Gasteiger partial charge is 0.381 e. The van der Waals surface area contributed by atoms with Crippen LogP contribution in [0, 0.1) is 6.92 Å². The van der Waals surface area contributed by atoms with Gasteiger partial charge in [0.2, 0.25) is 0 Å². The highest BCUT2D eigenvalue weighted by Crippen LogP contribution is 2.24. The van der Waals surface area contributed by atoms with E-state index in [1.54, 1.807) is 0 Å². The lowest BCUT2D eigenvalue weighted by Gasteiger charge is -2.12. The molecule has 1 fully saturated rings. The number of aryl methyl sites for hydroxylation is 2. The van der Waals surface area contributed by atoms with E-state index in [0.717, 1.165) is 11.3 Å². The molecule has 1 aromatic heterocycles. The fourth-order valence-electron chi connectivity index (χ4n) is 2.29. The molecule has 1 N–H and O–H groups in total. The Hall–Kier alpha value is -1.16. The van der Waals surface area contributed by atoms with Crippen molar-refractivity contribution >= 4 is 28.5 Å². The van der Waals surface area contributed by atoms with Gasteiger partial charge in [-0.1, -0.05) is 0 Å². The Morgan fingerprint density at radius 1 is 1.47 bits per heavy atom. The zero-order valence-corrected chi connectivity index (χ0v) is 11.0. The monoisotopic (exact) mass is 247 g/mol. The molecule has 2 aromatic rings. The minimum absolute atomic E-state index is 0.627. The van der Waals surface area contributed by atoms with Gasteiger partial charge < -0.3 is 9.88 Å². The van der Waals surface area contributed by atoms with Crippen LogP contribution in [-0.2, 0) is 7.05 Å². The van der Waals surface area contributed by atoms with Gasteiger partial charge in [0.1, 0.15) is 5.82 Å². The second-order valence-corrected chi connectivity index (χ2v) is 5.78. The van der Waals surface area contributed by atoms with Gasteiger partial charge in [0.15, 0.2) is 0 Å². The summed E-state index contributed by atoms with van der Waals surface area (Å²) in [6.45, 7) is 2.04. The molecule has 2 heterocycles. The Balaban J connectivity index is 1.90. The van der Waals surface area contributed by atoms with Gasteiger partial charge in [-0.3, -0.25) is 0 Å². The van der Waals surface area contributed by atoms with Crippen LogP contribution in [0.15, 0.2) is 18.2 Å². The van der Waals surface area contributed by atoms with Gasteiger partial charge in [0.25, 0.3) is 0 Å². The number of aromatic nitrogens is 2. The molecule has 0 spiro atoms. The zero-order valence-electron chi connectivity index (χ0n) is 10.2. The van der Waals surface area contributed by atoms with Crippen molar-refractivity contribution in [1.29, 1.82) is 0 Å². The van der Waals surface area contributed by atoms with Crippen molar-refractivity contribution in [2.24, 2.45) is 7.05 Å². The Labute approximate surface area is 106 Å². The summed E-state index contributed by atoms with van der Waals surface area (Å²) in [7, 11) is 2.06. The van der Waals surface area contributed by atoms with Crippen molar-refractivity contribution in [3.05, 3.63) is 24.0 Å². The van der Waals surface area contributed by atoms with Crippen LogP contribution < -0.4 is 5.32 Å². The standard InChI is InChI=1S/C13H17N3S/c1-9-14-12-7-10(3-4-13(12)16(9)2)15-11-5-6-17-8-11/h3-4,7,11,15H,5-6,8H2,1-2H3. The average Bonchev–Trinajstić information content (AvgIpc) is 2.89. The summed E-state index contributed by atoms with van der Waals surface area (Å²) in [5.74, 6) is 3.57. The molecule has 4 heteroatoms. The summed E-state index contributed by atoms with van der Waals surface area (Å²) in [6.07, 6.45) is 1.27. The normalized spacial score (nSPS) is 20.0. The first kappa shape index (κ1) is 11.0. The van der Waals surface area contributed by atoms with E-state index >= 15 is 0 Å². The van der Waals surface area contributed by atoms with E-state index in [-0.39, 0.29) is 0 Å². The number of hydrogen-bond donors (Lipinski definition) is 1. The number of thioether (sulfide) groups is 1. The van der Waals surface area contributed by atoms with Crippen LogP contribution in [0.3, 0.4) is 0 Å². The number of rotatable bonds is 2. The summed E-state index contributed by atoms with van der Waals surface area (Å²) in [5.41, 5.74) is 3.48. The van der Waals surface area contributed by atoms with E-state index < -0.39 is 0 Å². The second-order valence-electron chi connectivity index (χ2n) is 4.63. The lowest BCUT2D eigenvalue weighted by atomic mass is 10.2. The molecule has 0 bridgehead atoms. The summed E-state index contributed by atoms with van der Waals surface area (Å²) in [5, 5.41) is 3.59. The number of hydrogen-bond acceptors (Lipinski definition) is 3. The molecular formula is C13H17N3S. The number of imidazole rings is 1. The summed E-state index contributed by atoms with van der Waals surface area (Å²) >= 11 is 2.03. The van der Waals surface area contributed by atoms with E-state index in [1.165, 1.54) is 29.1 Å². The Morgan fingerprint density at radius 3 is 3.12 bits per heavy atom. The van der Waals surface area contributed by atoms with Crippen LogP contribution in [-0.4, -0.2) is 27.1 Å². The fraction of sp³-hybridized carbons (Fsp3) is 0.462. The van der Waals surface area contributed by atoms with Gasteiger partial charge in [-0.05, 0) is 37.3 Å². The van der Waals surface area contributed by atoms with Gasteiger partial charge >= 0.3 is 0 Å². The van der Waals surface area contributed by atoms with E-state index in [2.05, 4.69) is 40.1 Å². The van der Waals surface area contributed by atoms with Crippen molar-refractivity contribution in [1.82, 2.24) is 9.55 Å². The van der Waals surface area contributed by atoms with Gasteiger partial charge in [0, 0.05) is 24.5 Å². The van der Waals surface area contributed by atoms with Crippen LogP contribution in [0.4, 0.5) is 5.69 Å². The third-order valence-corrected chi connectivity index (χ3v) is 4.57. The maximum Gasteiger partial charge on any atom is 0.106 e. The van der Waals surface area contributed by atoms with E-state index in [4.69, 9.17) is 0 Å². The van der Waals surface area contributed by atoms with Crippen molar-refractivity contribution in [3.8, 4) is 0 Å². The molecule has 0 saturated carbocycles. The fourth-order valence-corrected chi connectivity index (χ4v) is 3.45. The molecule has 0 aliphatic carbocycles. The quantitative estimate of drug-likeness (QED) is 0.885. The zero-order chi connectivity index (χ0) is 11.8. The predicted octanol–water partition coefficient (Wildman–Crippen LogP) is 2.80. The molecular weight excluding hydrogens is 230 g/mol. The van der Waals surface area contributed by atoms with Crippen molar-refractivity contribution in [3.63, 3.8) is 0 Å². The van der Waals surface area contributed by atoms with Crippen molar-refractivity contribution < 1.29 is 0 Å². The highest BCUT2D eigenvalue weighted by Gasteiger charge is 2.15. The Kier molecular flexibility index (Phi) is 2.74. The van der Waals surface area contributed by atoms with Crippen LogP contribution in [0.2, 0.25) is 0 Å². The van der Waals surface area contributed by atoms with Gasteiger partial charge in [-0.25, -0.2) is 4.98 Å². The maximum absolute atomic E-state index is 4.57. The predicted molar refractivity (Wildman–Crippen MR) is 74.8 cm³/mol. The number of fused-ring (bicyclic) bond motifs is 1. The Morgan fingerprint density at radius 2 is 2.35 bits per heavy atom. The first-order chi connectivity index (χ1) is 8.24. The first-order valence-electron chi connectivity index (χ1n) is 6.01. The molecule has 90 valence electrons. The summed E-state index contributed by atoms with van der Waals surface area (Å²) in [6, 6.07) is 7.10. The van der Waals surface area contributed by atoms with Crippen LogP contribution >= 0.6 is 11.8 Å². The first-order valence-corrected chi connectivity index (χ1v) is 7.17. The van der Waals surface area contributed by atoms with Crippen LogP contribution in [0.25, 0.3) is 11.0 Å². The van der Waals surface area contributed by atoms with Gasteiger partial charge in [-0.15, -0.1) is 0 Å². The third-order valence-electron chi connectivity index (χ3n) is 3.40. The average molecular weight is 247 g/mol. The highest BCUT2D eigenvalue weighted by atomic mass is 32.2. The van der Waals surface area contributed by atoms with E-state index in [0.29, 0.717) is 6.04 Å². The summed E-state index contributed by atoms with van der Waals surface area (Å²) < 4.78 is 2.13. The third kappa shape index (κ3) is 2.02. The molecule has 3 rings (SSSR count). The molecule has 3 nitrogen and oxygen atoms in total. The van der Waals surface area contributed by atoms with Gasteiger partial charge in [-0.2, -0.15) is 11.8 Å². The lowest BCUT2D eigenvalue weighted by Crippen LogP contribution is -2.17. The molecule has 17 heavy (non-hydrogen) atoms. The number of nitrogens with zero attached hydrogens (tertiary/aromatic N) is 2. The second kappa shape index (κ2) is 4.26. The van der Waals surface area contributed by atoms with E-state index in [9.17, 15) is 0 Å². The minimum atomic E-state index is 0.627. The van der Waals surface area contributed by atoms with E-state index in [1.807, 2.05) is 18.7 Å². The van der Waals surface area contributed by atoms with Crippen molar-refractivity contribution in [2.75, 3.05) is 16.8 Å². The molecule has 1 aromatic carbocycles. The Bertz CT molecular complexity index is 541. The summed E-state index contributed by atoms with van der Waals surface area (Å²) in [4.78, 5) is 4.57. The molecule has 1 unspecified atom stereocenters. The smallest absolute Gasteiger partial charge is 0.106 e. The maximum atomic E-state index is 4.57. The number of anilines is 1. The molecule has 1 aliphatic heterocycles. The van der Waals surface area contributed by atoms with Gasteiger partial charge in [0.05, 0.1) is 11.0 Å². The number of benzene rings is 1. The molecule has 1 saturated heterocycles. The number of nitrogens with one attached hydrogen (secondary N) is 1. The SMILES string of the molecule is Cc1nc2cc(NC3CCSC3)ccc2n1C. The molecule has 0 radical (unpaired) electrons. The van der Waals surface area contributed by atoms with Crippen LogP contribution in [0.1, 0.15) is 12.2 Å². The van der Waals surface area contributed by atoms with Crippen molar-refractivity contribution in [2.45, 2.75) is 19.4 Å². The molecule has 1 aliphatic rings. The highest BCUT2D eigenvalue weighted by molar-refractivity contribution is 7.99. The molecule has 1 atom stereocenters. The molecule has 0 amide bonds.